The van der Waals surface area contributed by atoms with Gasteiger partial charge in [0.25, 0.3) is 0 Å². The highest BCUT2D eigenvalue weighted by Crippen LogP contribution is 2.25. The summed E-state index contributed by atoms with van der Waals surface area (Å²) in [4.78, 5) is 24.7. The van der Waals surface area contributed by atoms with Gasteiger partial charge in [0.15, 0.2) is 0 Å². The highest BCUT2D eigenvalue weighted by molar-refractivity contribution is 5.94. The molecule has 2 atom stereocenters. The molecule has 20 heavy (non-hydrogen) atoms. The Morgan fingerprint density at radius 3 is 2.75 bits per heavy atom. The fourth-order valence-corrected chi connectivity index (χ4v) is 2.75. The van der Waals surface area contributed by atoms with Crippen LogP contribution in [0.2, 0.25) is 0 Å². The molecule has 1 saturated heterocycles. The Bertz CT molecular complexity index is 516. The summed E-state index contributed by atoms with van der Waals surface area (Å²) >= 11 is 0. The number of carbonyl (C=O) groups excluding carboxylic acids is 1. The maximum absolute atomic E-state index is 11.4. The molecule has 1 fully saturated rings. The van der Waals surface area contributed by atoms with Crippen LogP contribution in [-0.4, -0.2) is 34.5 Å². The van der Waals surface area contributed by atoms with Crippen molar-refractivity contribution in [1.29, 1.82) is 0 Å². The van der Waals surface area contributed by atoms with Crippen LogP contribution in [0.1, 0.15) is 35.7 Å². The van der Waals surface area contributed by atoms with Gasteiger partial charge in [0.1, 0.15) is 6.04 Å². The van der Waals surface area contributed by atoms with Crippen molar-refractivity contribution < 1.29 is 14.7 Å². The van der Waals surface area contributed by atoms with E-state index in [0.29, 0.717) is 24.4 Å². The molecule has 3 N–H and O–H groups in total. The van der Waals surface area contributed by atoms with E-state index in [1.54, 1.807) is 12.1 Å². The zero-order chi connectivity index (χ0) is 14.7. The first-order chi connectivity index (χ1) is 9.49. The molecule has 2 rings (SSSR count). The number of hydrogen-bond donors (Lipinski definition) is 2. The van der Waals surface area contributed by atoms with Crippen molar-refractivity contribution in [1.82, 2.24) is 4.90 Å². The van der Waals surface area contributed by atoms with Crippen LogP contribution >= 0.6 is 0 Å². The van der Waals surface area contributed by atoms with E-state index in [9.17, 15) is 14.7 Å². The zero-order valence-corrected chi connectivity index (χ0v) is 11.6. The lowest BCUT2D eigenvalue weighted by molar-refractivity contribution is -0.145. The zero-order valence-electron chi connectivity index (χ0n) is 11.6. The van der Waals surface area contributed by atoms with E-state index in [4.69, 9.17) is 5.73 Å². The Morgan fingerprint density at radius 2 is 2.10 bits per heavy atom. The van der Waals surface area contributed by atoms with Gasteiger partial charge >= 0.3 is 5.97 Å². The SMILES string of the molecule is CC1CCN(Cc2ccccc2C(N)=O)C(C(=O)O)C1. The van der Waals surface area contributed by atoms with Gasteiger partial charge in [-0.05, 0) is 36.9 Å². The molecule has 2 unspecified atom stereocenters. The van der Waals surface area contributed by atoms with E-state index in [1.807, 2.05) is 17.0 Å². The van der Waals surface area contributed by atoms with Crippen molar-refractivity contribution in [3.05, 3.63) is 35.4 Å². The summed E-state index contributed by atoms with van der Waals surface area (Å²) in [7, 11) is 0. The summed E-state index contributed by atoms with van der Waals surface area (Å²) in [5.41, 5.74) is 6.62. The van der Waals surface area contributed by atoms with E-state index in [0.717, 1.165) is 18.5 Å². The first kappa shape index (κ1) is 14.5. The van der Waals surface area contributed by atoms with Crippen molar-refractivity contribution in [2.75, 3.05) is 6.54 Å². The second-order valence-corrected chi connectivity index (χ2v) is 5.48. The number of hydrogen-bond acceptors (Lipinski definition) is 3. The van der Waals surface area contributed by atoms with E-state index in [-0.39, 0.29) is 0 Å². The molecule has 5 nitrogen and oxygen atoms in total. The molecular formula is C15H20N2O3. The van der Waals surface area contributed by atoms with Crippen molar-refractivity contribution in [2.45, 2.75) is 32.4 Å². The van der Waals surface area contributed by atoms with Gasteiger partial charge in [0.05, 0.1) is 0 Å². The first-order valence-corrected chi connectivity index (χ1v) is 6.83. The lowest BCUT2D eigenvalue weighted by atomic mass is 9.91. The molecule has 0 saturated carbocycles. The monoisotopic (exact) mass is 276 g/mol. The second kappa shape index (κ2) is 6.05. The number of aliphatic carboxylic acids is 1. The highest BCUT2D eigenvalue weighted by Gasteiger charge is 2.31. The fraction of sp³-hybridized carbons (Fsp3) is 0.467. The van der Waals surface area contributed by atoms with Crippen LogP contribution < -0.4 is 5.73 Å². The lowest BCUT2D eigenvalue weighted by Gasteiger charge is -2.36. The number of rotatable bonds is 4. The van der Waals surface area contributed by atoms with Crippen LogP contribution in [0.4, 0.5) is 0 Å². The number of benzene rings is 1. The molecule has 1 amide bonds. The van der Waals surface area contributed by atoms with Crippen LogP contribution in [0.15, 0.2) is 24.3 Å². The second-order valence-electron chi connectivity index (χ2n) is 5.48. The number of carboxylic acid groups (broad SMARTS) is 1. The minimum absolute atomic E-state index is 0.415. The first-order valence-electron chi connectivity index (χ1n) is 6.83. The molecule has 1 heterocycles. The summed E-state index contributed by atoms with van der Waals surface area (Å²) in [6, 6.07) is 6.62. The molecule has 1 aliphatic heterocycles. The Kier molecular flexibility index (Phi) is 4.39. The third kappa shape index (κ3) is 3.17. The number of nitrogens with two attached hydrogens (primary N) is 1. The predicted molar refractivity (Wildman–Crippen MR) is 75.2 cm³/mol. The Balaban J connectivity index is 2.20. The number of piperidine rings is 1. The molecular weight excluding hydrogens is 256 g/mol. The smallest absolute Gasteiger partial charge is 0.320 e. The van der Waals surface area contributed by atoms with Gasteiger partial charge in [-0.15, -0.1) is 0 Å². The van der Waals surface area contributed by atoms with E-state index < -0.39 is 17.9 Å². The van der Waals surface area contributed by atoms with Crippen LogP contribution in [0.5, 0.6) is 0 Å². The quantitative estimate of drug-likeness (QED) is 0.872. The summed E-state index contributed by atoms with van der Waals surface area (Å²) in [6.45, 7) is 3.25. The molecule has 0 radical (unpaired) electrons. The minimum atomic E-state index is -0.798. The topological polar surface area (TPSA) is 83.6 Å². The number of likely N-dealkylation sites (tertiary alicyclic amines) is 1. The van der Waals surface area contributed by atoms with Gasteiger partial charge in [0.2, 0.25) is 5.91 Å². The van der Waals surface area contributed by atoms with Crippen LogP contribution in [-0.2, 0) is 11.3 Å². The number of nitrogens with zero attached hydrogens (tertiary/aromatic N) is 1. The Hall–Kier alpha value is -1.88. The normalized spacial score (nSPS) is 23.4. The van der Waals surface area contributed by atoms with Gasteiger partial charge in [-0.25, -0.2) is 0 Å². The predicted octanol–water partition coefficient (Wildman–Crippen LogP) is 1.47. The van der Waals surface area contributed by atoms with E-state index in [2.05, 4.69) is 6.92 Å². The minimum Gasteiger partial charge on any atom is -0.480 e. The largest absolute Gasteiger partial charge is 0.480 e. The number of amides is 1. The van der Waals surface area contributed by atoms with Crippen LogP contribution in [0.25, 0.3) is 0 Å². The maximum Gasteiger partial charge on any atom is 0.320 e. The Labute approximate surface area is 118 Å². The summed E-state index contributed by atoms with van der Waals surface area (Å²) < 4.78 is 0. The average Bonchev–Trinajstić information content (AvgIpc) is 2.41. The fourth-order valence-electron chi connectivity index (χ4n) is 2.75. The highest BCUT2D eigenvalue weighted by atomic mass is 16.4. The molecule has 1 aromatic carbocycles. The van der Waals surface area contributed by atoms with Gasteiger partial charge in [0, 0.05) is 12.1 Å². The van der Waals surface area contributed by atoms with Crippen LogP contribution in [0, 0.1) is 5.92 Å². The van der Waals surface area contributed by atoms with Crippen molar-refractivity contribution in [2.24, 2.45) is 11.7 Å². The molecule has 1 aromatic rings. The molecule has 1 aliphatic rings. The summed E-state index contributed by atoms with van der Waals surface area (Å²) in [6.07, 6.45) is 1.62. The van der Waals surface area contributed by atoms with E-state index >= 15 is 0 Å². The standard InChI is InChI=1S/C15H20N2O3/c1-10-6-7-17(13(8-10)15(19)20)9-11-4-2-3-5-12(11)14(16)18/h2-5,10,13H,6-9H2,1H3,(H2,16,18)(H,19,20). The maximum atomic E-state index is 11.4. The summed E-state index contributed by atoms with van der Waals surface area (Å²) in [5, 5.41) is 9.35. The molecule has 108 valence electrons. The van der Waals surface area contributed by atoms with Crippen molar-refractivity contribution in [3.63, 3.8) is 0 Å². The molecule has 0 aromatic heterocycles. The van der Waals surface area contributed by atoms with Crippen molar-refractivity contribution in [3.8, 4) is 0 Å². The van der Waals surface area contributed by atoms with E-state index in [1.165, 1.54) is 0 Å². The molecule has 5 heteroatoms. The summed E-state index contributed by atoms with van der Waals surface area (Å²) in [5.74, 6) is -0.857. The van der Waals surface area contributed by atoms with Crippen molar-refractivity contribution >= 4 is 11.9 Å². The van der Waals surface area contributed by atoms with Crippen LogP contribution in [0.3, 0.4) is 0 Å². The van der Waals surface area contributed by atoms with Gasteiger partial charge in [-0.2, -0.15) is 0 Å². The lowest BCUT2D eigenvalue weighted by Crippen LogP contribution is -2.46. The number of primary amides is 1. The third-order valence-corrected chi connectivity index (χ3v) is 3.92. The molecule has 0 aliphatic carbocycles. The van der Waals surface area contributed by atoms with Gasteiger partial charge in [-0.1, -0.05) is 25.1 Å². The molecule has 0 spiro atoms. The van der Waals surface area contributed by atoms with Gasteiger partial charge in [-0.3, -0.25) is 14.5 Å². The number of carboxylic acids is 1. The Morgan fingerprint density at radius 1 is 1.40 bits per heavy atom. The number of carbonyl (C=O) groups is 2. The third-order valence-electron chi connectivity index (χ3n) is 3.92. The van der Waals surface area contributed by atoms with Gasteiger partial charge < -0.3 is 10.8 Å². The molecule has 0 bridgehead atoms. The average molecular weight is 276 g/mol.